The fraction of sp³-hybridized carbons (Fsp3) is 0.628. The third-order valence-electron chi connectivity index (χ3n) is 13.6. The summed E-state index contributed by atoms with van der Waals surface area (Å²) in [4.78, 5) is 32.5. The molecular weight excluding hydrogens is 834 g/mol. The van der Waals surface area contributed by atoms with E-state index in [0.717, 1.165) is 81.5 Å². The molecule has 3 amide bonds. The number of urea groups is 1. The van der Waals surface area contributed by atoms with Gasteiger partial charge in [-0.25, -0.2) is 39.6 Å². The molecule has 61 heavy (non-hydrogen) atoms. The van der Waals surface area contributed by atoms with Gasteiger partial charge in [0, 0.05) is 55.8 Å². The fourth-order valence-electron chi connectivity index (χ4n) is 10.6. The molecule has 2 N–H and O–H groups in total. The Hall–Kier alpha value is -3.87. The molecule has 336 valence electrons. The molecule has 5 fully saturated rings. The predicted molar refractivity (Wildman–Crippen MR) is 227 cm³/mol. The first-order valence-corrected chi connectivity index (χ1v) is 24.9. The van der Waals surface area contributed by atoms with Gasteiger partial charge in [0.15, 0.2) is 25.3 Å². The third kappa shape index (κ3) is 10.2. The number of carbonyl (C=O) groups is 2. The van der Waals surface area contributed by atoms with Crippen molar-refractivity contribution in [2.24, 2.45) is 11.8 Å². The zero-order valence-corrected chi connectivity index (χ0v) is 36.7. The van der Waals surface area contributed by atoms with Gasteiger partial charge in [-0.1, -0.05) is 24.6 Å². The number of piperidine rings is 2. The predicted octanol–water partition coefficient (Wildman–Crippen LogP) is 4.88. The molecule has 2 unspecified atom stereocenters. The van der Waals surface area contributed by atoms with Crippen LogP contribution in [0, 0.1) is 23.5 Å². The lowest BCUT2D eigenvalue weighted by atomic mass is 9.57. The summed E-state index contributed by atoms with van der Waals surface area (Å²) in [5.41, 5.74) is -0.981. The number of hydrogen-bond acceptors (Lipinski definition) is 10. The van der Waals surface area contributed by atoms with Crippen LogP contribution in [-0.2, 0) is 29.8 Å². The number of likely N-dealkylation sites (tertiary alicyclic amines) is 3. The van der Waals surface area contributed by atoms with Crippen molar-refractivity contribution in [3.8, 4) is 0 Å². The molecule has 1 saturated carbocycles. The van der Waals surface area contributed by atoms with Crippen molar-refractivity contribution in [2.75, 3.05) is 90.3 Å². The number of sulfone groups is 2. The first-order chi connectivity index (χ1) is 29.0. The second-order valence-electron chi connectivity index (χ2n) is 17.8. The van der Waals surface area contributed by atoms with Gasteiger partial charge in [-0.15, -0.1) is 0 Å². The average molecular weight is 893 g/mol. The molecular formula is C43H59F3N6O7S2. The number of methoxy groups -OCH3 is 1. The Kier molecular flexibility index (Phi) is 13.7. The second-order valence-corrected chi connectivity index (χ2v) is 21.9. The maximum atomic E-state index is 16.4. The van der Waals surface area contributed by atoms with Crippen LogP contribution in [0.4, 0.5) is 28.4 Å². The van der Waals surface area contributed by atoms with Crippen molar-refractivity contribution in [2.45, 2.75) is 78.6 Å². The van der Waals surface area contributed by atoms with Gasteiger partial charge in [0.25, 0.3) is 0 Å². The summed E-state index contributed by atoms with van der Waals surface area (Å²) in [6, 6.07) is 9.98. The molecule has 0 spiro atoms. The van der Waals surface area contributed by atoms with Crippen molar-refractivity contribution in [3.05, 3.63) is 71.1 Å². The highest BCUT2D eigenvalue weighted by atomic mass is 32.2. The molecule has 13 nitrogen and oxygen atoms in total. The number of nitrogens with one attached hydrogen (secondary N) is 2. The van der Waals surface area contributed by atoms with E-state index < -0.39 is 53.9 Å². The quantitative estimate of drug-likeness (QED) is 0.269. The van der Waals surface area contributed by atoms with E-state index in [-0.39, 0.29) is 73.4 Å². The lowest BCUT2D eigenvalue weighted by molar-refractivity contribution is 0.00575. The van der Waals surface area contributed by atoms with Crippen LogP contribution in [0.3, 0.4) is 0 Å². The molecule has 0 bridgehead atoms. The van der Waals surface area contributed by atoms with Crippen molar-refractivity contribution in [1.82, 2.24) is 25.3 Å². The van der Waals surface area contributed by atoms with Crippen molar-refractivity contribution in [3.63, 3.8) is 0 Å². The zero-order valence-electron chi connectivity index (χ0n) is 35.0. The zero-order chi connectivity index (χ0) is 43.6. The average Bonchev–Trinajstić information content (AvgIpc) is 3.66. The van der Waals surface area contributed by atoms with Crippen LogP contribution in [-0.4, -0.2) is 146 Å². The van der Waals surface area contributed by atoms with Crippen LogP contribution in [0.1, 0.15) is 56.9 Å². The summed E-state index contributed by atoms with van der Waals surface area (Å²) in [6.07, 6.45) is 7.84. The summed E-state index contributed by atoms with van der Waals surface area (Å²) < 4.78 is 102. The normalized spacial score (nSPS) is 25.1. The Labute approximate surface area is 357 Å². The van der Waals surface area contributed by atoms with Crippen LogP contribution in [0.15, 0.2) is 58.8 Å². The Morgan fingerprint density at radius 2 is 1.67 bits per heavy atom. The Morgan fingerprint density at radius 1 is 0.918 bits per heavy atom. The van der Waals surface area contributed by atoms with E-state index in [1.54, 1.807) is 17.0 Å². The molecule has 2 aromatic rings. The number of alkyl halides is 1. The molecule has 4 saturated heterocycles. The number of hydrogen-bond donors (Lipinski definition) is 2. The number of amides is 3. The summed E-state index contributed by atoms with van der Waals surface area (Å²) >= 11 is 0. The topological polar surface area (TPSA) is 149 Å². The lowest BCUT2D eigenvalue weighted by Gasteiger charge is -2.54. The number of ether oxygens (including phenoxy) is 1. The van der Waals surface area contributed by atoms with Crippen LogP contribution in [0.5, 0.6) is 0 Å². The van der Waals surface area contributed by atoms with Gasteiger partial charge in [0.1, 0.15) is 11.6 Å². The van der Waals surface area contributed by atoms with Gasteiger partial charge in [-0.2, -0.15) is 0 Å². The minimum atomic E-state index is -4.02. The Balaban J connectivity index is 0.976. The van der Waals surface area contributed by atoms with Gasteiger partial charge in [-0.3, -0.25) is 4.90 Å². The van der Waals surface area contributed by atoms with Crippen LogP contribution < -0.4 is 15.5 Å². The van der Waals surface area contributed by atoms with Crippen LogP contribution in [0.2, 0.25) is 0 Å². The van der Waals surface area contributed by atoms with E-state index in [2.05, 4.69) is 20.4 Å². The van der Waals surface area contributed by atoms with Crippen LogP contribution >= 0.6 is 0 Å². The van der Waals surface area contributed by atoms with E-state index in [1.807, 2.05) is 6.07 Å². The molecule has 4 atom stereocenters. The van der Waals surface area contributed by atoms with Gasteiger partial charge in [0.2, 0.25) is 0 Å². The summed E-state index contributed by atoms with van der Waals surface area (Å²) in [5.74, 6) is -0.852. The van der Waals surface area contributed by atoms with Gasteiger partial charge in [-0.05, 0) is 119 Å². The SMILES string of the molecule is COC(=O)N[C@H]1CCC[C@@H]1C(CN1CCC1)(c1cccc(F)c1)C1CCN(CC2(F)CN(c3ccc(S(=O)(=O)C4CCCN(C(=O)NC/C=C/S(C)(=O)=O)C4)cc3F)C2)CC1. The van der Waals surface area contributed by atoms with Crippen LogP contribution in [0.25, 0.3) is 0 Å². The first kappa shape index (κ1) is 45.2. The van der Waals surface area contributed by atoms with E-state index in [4.69, 9.17) is 4.74 Å². The summed E-state index contributed by atoms with van der Waals surface area (Å²) in [6.45, 7) is 4.21. The first-order valence-electron chi connectivity index (χ1n) is 21.4. The third-order valence-corrected chi connectivity index (χ3v) is 16.5. The number of anilines is 1. The minimum absolute atomic E-state index is 0.0427. The number of carbonyl (C=O) groups excluding carboxylic acids is 2. The van der Waals surface area contributed by atoms with E-state index in [9.17, 15) is 26.4 Å². The van der Waals surface area contributed by atoms with Gasteiger partial charge < -0.3 is 30.1 Å². The highest BCUT2D eigenvalue weighted by Crippen LogP contribution is 2.52. The molecule has 4 aliphatic heterocycles. The van der Waals surface area contributed by atoms with E-state index >= 15 is 13.2 Å². The highest BCUT2D eigenvalue weighted by molar-refractivity contribution is 7.93. The monoisotopic (exact) mass is 892 g/mol. The second kappa shape index (κ2) is 18.5. The molecule has 5 aliphatic rings. The Bertz CT molecular complexity index is 2160. The molecule has 0 radical (unpaired) electrons. The highest BCUT2D eigenvalue weighted by Gasteiger charge is 2.54. The molecule has 0 aromatic heterocycles. The summed E-state index contributed by atoms with van der Waals surface area (Å²) in [5, 5.41) is 5.70. The maximum Gasteiger partial charge on any atom is 0.407 e. The molecule has 4 heterocycles. The van der Waals surface area contributed by atoms with E-state index in [1.165, 1.54) is 36.3 Å². The van der Waals surface area contributed by atoms with Crippen molar-refractivity contribution in [1.29, 1.82) is 0 Å². The smallest absolute Gasteiger partial charge is 0.407 e. The number of rotatable bonds is 14. The molecule has 1 aliphatic carbocycles. The standard InChI is InChI=1S/C43H59F3N6O7S2/c1-59-41(54)48-38-12-4-11-36(38)43(30-49-18-7-19-49,32-8-3-9-33(44)24-32)31-15-21-50(22-16-31)27-42(46)28-52(29-42)39-14-13-34(25-37(39)45)61(57,58)35-10-5-20-51(26-35)40(53)47-17-6-23-60(2,55)56/h3,6,8-9,13-14,23-25,31,35-36,38H,4-5,7,10-12,15-22,26-30H2,1-2H3,(H,47,53)(H,48,54)/b23-6+/t35?,36-,38-,43?/m0/s1. The Morgan fingerprint density at radius 3 is 2.33 bits per heavy atom. The lowest BCUT2D eigenvalue weighted by Crippen LogP contribution is -2.65. The van der Waals surface area contributed by atoms with Crippen molar-refractivity contribution >= 4 is 37.5 Å². The molecule has 2 aromatic carbocycles. The largest absolute Gasteiger partial charge is 0.453 e. The van der Waals surface area contributed by atoms with E-state index in [0.29, 0.717) is 26.1 Å². The van der Waals surface area contributed by atoms with Crippen molar-refractivity contribution < 1.29 is 44.3 Å². The van der Waals surface area contributed by atoms with Gasteiger partial charge >= 0.3 is 12.1 Å². The maximum absolute atomic E-state index is 16.4. The fourth-order valence-corrected chi connectivity index (χ4v) is 12.8. The number of alkyl carbamates (subject to hydrolysis) is 1. The minimum Gasteiger partial charge on any atom is -0.453 e. The molecule has 7 rings (SSSR count). The molecule has 18 heteroatoms. The number of halogens is 3. The number of nitrogens with zero attached hydrogens (tertiary/aromatic N) is 4. The number of benzene rings is 2. The van der Waals surface area contributed by atoms with Gasteiger partial charge in [0.05, 0.1) is 36.0 Å². The summed E-state index contributed by atoms with van der Waals surface area (Å²) in [7, 11) is -6.01.